The van der Waals surface area contributed by atoms with Crippen molar-refractivity contribution >= 4 is 33.5 Å². The number of fused-ring (bicyclic) bond motifs is 3. The van der Waals surface area contributed by atoms with E-state index < -0.39 is 0 Å². The molecule has 1 heterocycles. The van der Waals surface area contributed by atoms with Crippen LogP contribution in [0.4, 0.5) is 5.69 Å². The van der Waals surface area contributed by atoms with E-state index in [0.29, 0.717) is 0 Å². The lowest BCUT2D eigenvalue weighted by molar-refractivity contribution is -0.111. The van der Waals surface area contributed by atoms with Crippen LogP contribution in [0, 0.1) is 0 Å². The van der Waals surface area contributed by atoms with Gasteiger partial charge in [-0.2, -0.15) is 0 Å². The maximum absolute atomic E-state index is 11.5. The highest BCUT2D eigenvalue weighted by Crippen LogP contribution is 2.30. The van der Waals surface area contributed by atoms with Crippen molar-refractivity contribution in [2.75, 3.05) is 5.32 Å². The lowest BCUT2D eigenvalue weighted by Gasteiger charge is -2.01. The molecule has 0 unspecified atom stereocenters. The van der Waals surface area contributed by atoms with Gasteiger partial charge in [-0.25, -0.2) is 0 Å². The number of carbonyl (C=O) groups excluding carboxylic acids is 1. The zero-order chi connectivity index (χ0) is 13.2. The Labute approximate surface area is 110 Å². The Morgan fingerprint density at radius 1 is 1.11 bits per heavy atom. The van der Waals surface area contributed by atoms with Crippen LogP contribution in [0.15, 0.2) is 59.0 Å². The van der Waals surface area contributed by atoms with Gasteiger partial charge >= 0.3 is 0 Å². The second kappa shape index (κ2) is 4.61. The van der Waals surface area contributed by atoms with E-state index >= 15 is 0 Å². The average molecular weight is 251 g/mol. The first-order valence-electron chi connectivity index (χ1n) is 6.13. The van der Waals surface area contributed by atoms with Crippen molar-refractivity contribution in [3.05, 3.63) is 54.6 Å². The molecule has 1 N–H and O–H groups in total. The van der Waals surface area contributed by atoms with Gasteiger partial charge in [0.25, 0.3) is 0 Å². The summed E-state index contributed by atoms with van der Waals surface area (Å²) in [6.45, 7) is 1.81. The number of anilines is 1. The molecule has 0 saturated heterocycles. The van der Waals surface area contributed by atoms with E-state index in [1.54, 1.807) is 6.08 Å². The molecule has 1 amide bonds. The molecule has 0 bridgehead atoms. The molecule has 0 radical (unpaired) electrons. The topological polar surface area (TPSA) is 42.2 Å². The standard InChI is InChI=1S/C16H13NO2/c1-2-5-16(18)17-11-8-9-15-13(10-11)12-6-3-4-7-14(12)19-15/h2-10H,1H3,(H,17,18). The minimum Gasteiger partial charge on any atom is -0.456 e. The Morgan fingerprint density at radius 3 is 2.74 bits per heavy atom. The zero-order valence-corrected chi connectivity index (χ0v) is 10.5. The van der Waals surface area contributed by atoms with E-state index in [0.717, 1.165) is 27.6 Å². The first-order valence-corrected chi connectivity index (χ1v) is 6.13. The van der Waals surface area contributed by atoms with Crippen LogP contribution in [0.25, 0.3) is 21.9 Å². The number of rotatable bonds is 2. The molecule has 0 spiro atoms. The van der Waals surface area contributed by atoms with Crippen molar-refractivity contribution in [1.82, 2.24) is 0 Å². The largest absolute Gasteiger partial charge is 0.456 e. The highest BCUT2D eigenvalue weighted by atomic mass is 16.3. The van der Waals surface area contributed by atoms with Crippen LogP contribution >= 0.6 is 0 Å². The van der Waals surface area contributed by atoms with Crippen molar-refractivity contribution in [3.63, 3.8) is 0 Å². The van der Waals surface area contributed by atoms with Crippen LogP contribution in [0.2, 0.25) is 0 Å². The van der Waals surface area contributed by atoms with Gasteiger partial charge < -0.3 is 9.73 Å². The molecular weight excluding hydrogens is 238 g/mol. The van der Waals surface area contributed by atoms with Gasteiger partial charge in [0.1, 0.15) is 11.2 Å². The molecule has 3 heteroatoms. The number of amides is 1. The van der Waals surface area contributed by atoms with Crippen LogP contribution in [-0.4, -0.2) is 5.91 Å². The predicted octanol–water partition coefficient (Wildman–Crippen LogP) is 4.10. The van der Waals surface area contributed by atoms with Crippen LogP contribution in [-0.2, 0) is 4.79 Å². The number of hydrogen-bond acceptors (Lipinski definition) is 2. The minimum atomic E-state index is -0.130. The summed E-state index contributed by atoms with van der Waals surface area (Å²) in [5, 5.41) is 4.89. The Balaban J connectivity index is 2.09. The number of benzene rings is 2. The van der Waals surface area contributed by atoms with E-state index in [2.05, 4.69) is 5.32 Å². The van der Waals surface area contributed by atoms with Crippen LogP contribution in [0.3, 0.4) is 0 Å². The fourth-order valence-corrected chi connectivity index (χ4v) is 2.14. The number of carbonyl (C=O) groups is 1. The van der Waals surface area contributed by atoms with Gasteiger partial charge in [0.05, 0.1) is 0 Å². The average Bonchev–Trinajstić information content (AvgIpc) is 2.77. The highest BCUT2D eigenvalue weighted by Gasteiger charge is 2.07. The first kappa shape index (κ1) is 11.5. The Bertz CT molecular complexity index is 784. The molecule has 0 aliphatic carbocycles. The molecule has 3 aromatic rings. The molecule has 2 aromatic carbocycles. The number of hydrogen-bond donors (Lipinski definition) is 1. The number of nitrogens with one attached hydrogen (secondary N) is 1. The number of allylic oxidation sites excluding steroid dienone is 1. The molecule has 0 atom stereocenters. The molecule has 0 saturated carbocycles. The molecule has 19 heavy (non-hydrogen) atoms. The summed E-state index contributed by atoms with van der Waals surface area (Å²) in [6.07, 6.45) is 3.21. The van der Waals surface area contributed by atoms with Gasteiger partial charge in [-0.1, -0.05) is 24.3 Å². The van der Waals surface area contributed by atoms with Gasteiger partial charge in [-0.3, -0.25) is 4.79 Å². The third-order valence-corrected chi connectivity index (χ3v) is 2.96. The van der Waals surface area contributed by atoms with Crippen molar-refractivity contribution < 1.29 is 9.21 Å². The monoisotopic (exact) mass is 251 g/mol. The Morgan fingerprint density at radius 2 is 1.89 bits per heavy atom. The van der Waals surface area contributed by atoms with Crippen molar-refractivity contribution in [2.24, 2.45) is 0 Å². The van der Waals surface area contributed by atoms with E-state index in [4.69, 9.17) is 4.42 Å². The van der Waals surface area contributed by atoms with Crippen LogP contribution in [0.5, 0.6) is 0 Å². The molecular formula is C16H13NO2. The lowest BCUT2D eigenvalue weighted by atomic mass is 10.1. The fraction of sp³-hybridized carbons (Fsp3) is 0.0625. The van der Waals surface area contributed by atoms with Crippen molar-refractivity contribution in [2.45, 2.75) is 6.92 Å². The van der Waals surface area contributed by atoms with Gasteiger partial charge in [0.2, 0.25) is 5.91 Å². The first-order chi connectivity index (χ1) is 9.28. The Hall–Kier alpha value is -2.55. The molecule has 3 nitrogen and oxygen atoms in total. The SMILES string of the molecule is CC=CC(=O)Nc1ccc2oc3ccccc3c2c1. The van der Waals surface area contributed by atoms with Gasteiger partial charge in [-0.05, 0) is 37.3 Å². The smallest absolute Gasteiger partial charge is 0.248 e. The van der Waals surface area contributed by atoms with Gasteiger partial charge in [0, 0.05) is 16.5 Å². The predicted molar refractivity (Wildman–Crippen MR) is 77.2 cm³/mol. The van der Waals surface area contributed by atoms with E-state index in [-0.39, 0.29) is 5.91 Å². The lowest BCUT2D eigenvalue weighted by Crippen LogP contribution is -2.07. The summed E-state index contributed by atoms with van der Waals surface area (Å²) in [5.74, 6) is -0.130. The van der Waals surface area contributed by atoms with Crippen LogP contribution < -0.4 is 5.32 Å². The third-order valence-electron chi connectivity index (χ3n) is 2.96. The third kappa shape index (κ3) is 2.10. The second-order valence-electron chi connectivity index (χ2n) is 4.30. The van der Waals surface area contributed by atoms with Crippen molar-refractivity contribution in [3.8, 4) is 0 Å². The summed E-state index contributed by atoms with van der Waals surface area (Å²) < 4.78 is 5.73. The van der Waals surface area contributed by atoms with E-state index in [1.807, 2.05) is 49.4 Å². The fourth-order valence-electron chi connectivity index (χ4n) is 2.14. The molecule has 0 fully saturated rings. The molecule has 94 valence electrons. The molecule has 0 aliphatic rings. The molecule has 3 rings (SSSR count). The number of para-hydroxylation sites is 1. The van der Waals surface area contributed by atoms with Crippen LogP contribution in [0.1, 0.15) is 6.92 Å². The van der Waals surface area contributed by atoms with Gasteiger partial charge in [0.15, 0.2) is 0 Å². The number of furan rings is 1. The highest BCUT2D eigenvalue weighted by molar-refractivity contribution is 6.07. The van der Waals surface area contributed by atoms with E-state index in [1.165, 1.54) is 6.08 Å². The quantitative estimate of drug-likeness (QED) is 0.697. The summed E-state index contributed by atoms with van der Waals surface area (Å²) in [6, 6.07) is 13.5. The summed E-state index contributed by atoms with van der Waals surface area (Å²) in [5.41, 5.74) is 2.45. The zero-order valence-electron chi connectivity index (χ0n) is 10.5. The maximum atomic E-state index is 11.5. The molecule has 0 aliphatic heterocycles. The molecule has 1 aromatic heterocycles. The summed E-state index contributed by atoms with van der Waals surface area (Å²) >= 11 is 0. The summed E-state index contributed by atoms with van der Waals surface area (Å²) in [4.78, 5) is 11.5. The van der Waals surface area contributed by atoms with Gasteiger partial charge in [-0.15, -0.1) is 0 Å². The van der Waals surface area contributed by atoms with Crippen molar-refractivity contribution in [1.29, 1.82) is 0 Å². The normalized spacial score (nSPS) is 11.4. The van der Waals surface area contributed by atoms with E-state index in [9.17, 15) is 4.79 Å². The summed E-state index contributed by atoms with van der Waals surface area (Å²) in [7, 11) is 0. The minimum absolute atomic E-state index is 0.130. The second-order valence-corrected chi connectivity index (χ2v) is 4.30. The maximum Gasteiger partial charge on any atom is 0.248 e. The Kier molecular flexibility index (Phi) is 2.80.